The van der Waals surface area contributed by atoms with E-state index in [1.165, 1.54) is 120 Å². The van der Waals surface area contributed by atoms with Crippen LogP contribution in [0.4, 0.5) is 21.9 Å². The third-order valence-corrected chi connectivity index (χ3v) is 22.8. The number of anilines is 2. The molecule has 1 unspecified atom stereocenters. The quantitative estimate of drug-likeness (QED) is 0.0357. The van der Waals surface area contributed by atoms with Crippen molar-refractivity contribution in [2.75, 3.05) is 44.2 Å². The number of aliphatic hydroxyl groups excluding tert-OH is 1. The van der Waals surface area contributed by atoms with Crippen LogP contribution >= 0.6 is 11.8 Å². The van der Waals surface area contributed by atoms with Gasteiger partial charge < -0.3 is 54.5 Å². The molecule has 0 spiro atoms. The highest BCUT2D eigenvalue weighted by molar-refractivity contribution is 8.02. The first-order valence-corrected chi connectivity index (χ1v) is 38.4. The Hall–Kier alpha value is -7.92. The minimum absolute atomic E-state index is 0.0422. The van der Waals surface area contributed by atoms with Crippen LogP contribution in [-0.2, 0) is 35.3 Å². The van der Waals surface area contributed by atoms with Crippen molar-refractivity contribution in [2.24, 2.45) is 16.8 Å². The molecule has 8 amide bonds. The summed E-state index contributed by atoms with van der Waals surface area (Å²) in [7, 11) is 2.98. The lowest BCUT2D eigenvalue weighted by Crippen LogP contribution is -2.53. The summed E-state index contributed by atoms with van der Waals surface area (Å²) in [5.41, 5.74) is 3.99. The molecule has 3 aromatic rings. The van der Waals surface area contributed by atoms with E-state index in [1.54, 1.807) is 72.4 Å². The van der Waals surface area contributed by atoms with Crippen molar-refractivity contribution in [3.63, 3.8) is 0 Å². The number of amides is 8. The number of hydrogen-bond acceptors (Lipinski definition) is 16. The van der Waals surface area contributed by atoms with E-state index in [1.807, 2.05) is 33.9 Å². The maximum atomic E-state index is 14.3. The molecule has 3 aromatic carbocycles. The summed E-state index contributed by atoms with van der Waals surface area (Å²) < 4.78 is 29.6. The molecule has 102 heavy (non-hydrogen) atoms. The van der Waals surface area contributed by atoms with Gasteiger partial charge in [-0.2, -0.15) is 0 Å². The molecule has 2 fully saturated rings. The second kappa shape index (κ2) is 37.5. The first kappa shape index (κ1) is 78.2. The highest BCUT2D eigenvalue weighted by Gasteiger charge is 2.47. The molecule has 1 saturated heterocycles. The minimum atomic E-state index is -1.52. The van der Waals surface area contributed by atoms with Crippen molar-refractivity contribution in [3.05, 3.63) is 88.8 Å². The molecule has 1 aliphatic carbocycles. The molecule has 6 atom stereocenters. The van der Waals surface area contributed by atoms with Crippen LogP contribution in [-0.4, -0.2) is 148 Å². The summed E-state index contributed by atoms with van der Waals surface area (Å²) in [6.45, 7) is 14.1. The zero-order chi connectivity index (χ0) is 73.0. The van der Waals surface area contributed by atoms with Gasteiger partial charge in [0.05, 0.1) is 67.3 Å². The van der Waals surface area contributed by atoms with Gasteiger partial charge in [-0.05, 0) is 127 Å². The van der Waals surface area contributed by atoms with Crippen molar-refractivity contribution in [1.29, 1.82) is 0 Å². The van der Waals surface area contributed by atoms with Gasteiger partial charge in [0.25, 0.3) is 11.8 Å². The predicted octanol–water partition coefficient (Wildman–Crippen LogP) is 14.4. The lowest BCUT2D eigenvalue weighted by atomic mass is 9.83. The van der Waals surface area contributed by atoms with E-state index in [-0.39, 0.29) is 94.4 Å². The number of nitrogens with one attached hydrogen (secondary N) is 3. The molecule has 5 heterocycles. The second-order valence-electron chi connectivity index (χ2n) is 29.0. The standard InChI is InChI=1S/C79H110N8O14S/c1-10-79(11-2,46-55-29-23-19-17-15-13-12-14-16-18-20-24-30-55)102-68-45-70(89)84(77(68)95)36-26-21-25-31-69(88)83-71(51(3)4)73(91)81-54(7)72(90)82-57-34-32-56(33-35-57)50-101-78(96)87-62-44-67(65(98-9)42-60(62)75(93)86-49-53(6)40-63(86)76(87)94)100-38-28-22-27-37-99-66-43-61-59(41-64(66)97-8)74(92)85-48-52(5)39-58(85)47-80-61/h32-35,41-44,47-49,51,54-55,58,63,68,71,76,94H,10-31,36-40,45-46,50H2,1-9H3,(H,81,91)(H,82,90)(H,83,88)/t54-,58-,63-,68?,71-,76-/m0/s1. The molecule has 6 aliphatic rings. The van der Waals surface area contributed by atoms with Gasteiger partial charge in [-0.25, -0.2) is 9.69 Å². The number of ether oxygens (including phenoxy) is 5. The van der Waals surface area contributed by atoms with Crippen LogP contribution in [0.5, 0.6) is 23.0 Å². The van der Waals surface area contributed by atoms with Crippen LogP contribution in [0.1, 0.15) is 242 Å². The van der Waals surface area contributed by atoms with Crippen LogP contribution in [0.25, 0.3) is 0 Å². The molecule has 9 rings (SSSR count). The van der Waals surface area contributed by atoms with E-state index in [0.717, 1.165) is 41.7 Å². The fraction of sp³-hybridized carbons (Fsp3) is 0.608. The number of rotatable bonds is 30. The Morgan fingerprint density at radius 2 is 1.26 bits per heavy atom. The fourth-order valence-corrected chi connectivity index (χ4v) is 16.5. The topological polar surface area (TPSA) is 264 Å². The Labute approximate surface area is 607 Å². The third-order valence-electron chi connectivity index (χ3n) is 20.9. The average molecular weight is 1430 g/mol. The number of aliphatic hydroxyl groups is 1. The molecule has 0 radical (unpaired) electrons. The molecule has 1 saturated carbocycles. The molecule has 0 bridgehead atoms. The molecule has 23 heteroatoms. The molecular weight excluding hydrogens is 1320 g/mol. The van der Waals surface area contributed by atoms with Crippen molar-refractivity contribution < 1.29 is 67.1 Å². The van der Waals surface area contributed by atoms with Gasteiger partial charge in [0.15, 0.2) is 29.2 Å². The zero-order valence-corrected chi connectivity index (χ0v) is 62.4. The summed E-state index contributed by atoms with van der Waals surface area (Å²) in [6.07, 6.45) is 28.0. The van der Waals surface area contributed by atoms with Gasteiger partial charge in [-0.3, -0.25) is 43.5 Å². The van der Waals surface area contributed by atoms with E-state index in [2.05, 4.69) is 34.8 Å². The molecule has 556 valence electrons. The zero-order valence-electron chi connectivity index (χ0n) is 61.6. The number of unbranched alkanes of at least 4 members (excludes halogenated alkanes) is 4. The molecular formula is C79H110N8O14S. The van der Waals surface area contributed by atoms with Crippen molar-refractivity contribution in [3.8, 4) is 23.0 Å². The number of thioether (sulfide) groups is 1. The minimum Gasteiger partial charge on any atom is -0.493 e. The number of nitrogens with zero attached hydrogens (tertiary/aromatic N) is 5. The maximum absolute atomic E-state index is 14.3. The van der Waals surface area contributed by atoms with E-state index in [0.29, 0.717) is 98.0 Å². The smallest absolute Gasteiger partial charge is 0.416 e. The fourth-order valence-electron chi connectivity index (χ4n) is 14.8. The number of carbonyl (C=O) groups excluding carboxylic acids is 8. The molecule has 4 N–H and O–H groups in total. The van der Waals surface area contributed by atoms with Gasteiger partial charge in [0.1, 0.15) is 18.7 Å². The van der Waals surface area contributed by atoms with Crippen LogP contribution in [0.2, 0.25) is 0 Å². The van der Waals surface area contributed by atoms with Crippen LogP contribution < -0.4 is 39.8 Å². The Kier molecular flexibility index (Phi) is 28.8. The molecule has 0 aromatic heterocycles. The number of imide groups is 1. The van der Waals surface area contributed by atoms with Gasteiger partial charge in [0.2, 0.25) is 29.5 Å². The van der Waals surface area contributed by atoms with Gasteiger partial charge in [-0.1, -0.05) is 141 Å². The van der Waals surface area contributed by atoms with Crippen LogP contribution in [0, 0.1) is 11.8 Å². The summed E-state index contributed by atoms with van der Waals surface area (Å²) in [4.78, 5) is 120. The highest BCUT2D eigenvalue weighted by atomic mass is 32.2. The number of carbonyl (C=O) groups is 8. The van der Waals surface area contributed by atoms with Gasteiger partial charge in [0, 0.05) is 60.6 Å². The van der Waals surface area contributed by atoms with Crippen molar-refractivity contribution in [2.45, 2.75) is 262 Å². The van der Waals surface area contributed by atoms with Crippen LogP contribution in [0.15, 0.2) is 77.1 Å². The second-order valence-corrected chi connectivity index (χ2v) is 30.6. The number of hydrogen-bond donors (Lipinski definition) is 4. The summed E-state index contributed by atoms with van der Waals surface area (Å²) in [6, 6.07) is 10.1. The largest absolute Gasteiger partial charge is 0.493 e. The van der Waals surface area contributed by atoms with E-state index in [9.17, 15) is 43.5 Å². The Morgan fingerprint density at radius 3 is 1.89 bits per heavy atom. The van der Waals surface area contributed by atoms with Crippen molar-refractivity contribution in [1.82, 2.24) is 25.3 Å². The molecule has 22 nitrogen and oxygen atoms in total. The highest BCUT2D eigenvalue weighted by Crippen LogP contribution is 2.47. The number of likely N-dealkylation sites (tertiary alicyclic amines) is 1. The van der Waals surface area contributed by atoms with Gasteiger partial charge in [-0.15, -0.1) is 11.8 Å². The number of aliphatic imine (C=N–C) groups is 1. The van der Waals surface area contributed by atoms with E-state index in [4.69, 9.17) is 23.7 Å². The average Bonchev–Trinajstić information content (AvgIpc) is 1.52. The predicted molar refractivity (Wildman–Crippen MR) is 396 cm³/mol. The maximum Gasteiger partial charge on any atom is 0.416 e. The first-order valence-electron chi connectivity index (χ1n) is 37.5. The SMILES string of the molecule is CCC(CC)(CC1CCCCCCCCCCCCC1)SC1CC(=O)N(CCCCCC(=O)N[C@H](C(=O)N[C@@H](C)C(=O)Nc2ccc(COC(=O)N3c4cc(OCCCCCOc5cc6c(cc5OC)C(=O)N5C=C(C)C[C@H]5C=N6)c(OC)cc4C(=O)N4C=C(C)C[C@H]4[C@@H]3O)cc2)C(C)C)C1=O. The Morgan fingerprint density at radius 1 is 0.676 bits per heavy atom. The summed E-state index contributed by atoms with van der Waals surface area (Å²) in [5, 5.41) is 20.0. The lowest BCUT2D eigenvalue weighted by molar-refractivity contribution is -0.138. The monoisotopic (exact) mass is 1430 g/mol. The number of fused-ring (bicyclic) bond motifs is 4. The van der Waals surface area contributed by atoms with E-state index < -0.39 is 48.2 Å². The summed E-state index contributed by atoms with van der Waals surface area (Å²) in [5.74, 6) is -0.422. The molecule has 5 aliphatic heterocycles. The van der Waals surface area contributed by atoms with Crippen molar-refractivity contribution >= 4 is 82.5 Å². The first-order chi connectivity index (χ1) is 49.1. The van der Waals surface area contributed by atoms with Gasteiger partial charge >= 0.3 is 6.09 Å². The number of benzene rings is 3. The Bertz CT molecular complexity index is 3520. The number of methoxy groups -OCH3 is 2. The lowest BCUT2D eigenvalue weighted by Gasteiger charge is -2.36. The van der Waals surface area contributed by atoms with Crippen LogP contribution in [0.3, 0.4) is 0 Å². The normalized spacial score (nSPS) is 20.4. The van der Waals surface area contributed by atoms with E-state index >= 15 is 0 Å². The third kappa shape index (κ3) is 20.3. The summed E-state index contributed by atoms with van der Waals surface area (Å²) >= 11 is 1.76. The Balaban J connectivity index is 0.710.